The first-order chi connectivity index (χ1) is 9.80. The quantitative estimate of drug-likeness (QED) is 0.756. The van der Waals surface area contributed by atoms with Gasteiger partial charge in [0.05, 0.1) is 0 Å². The summed E-state index contributed by atoms with van der Waals surface area (Å²) in [6, 6.07) is 0. The zero-order chi connectivity index (χ0) is 13.9. The van der Waals surface area contributed by atoms with Crippen molar-refractivity contribution in [2.45, 2.75) is 25.7 Å². The zero-order valence-corrected chi connectivity index (χ0v) is 14.7. The Bertz CT molecular complexity index is 275. The van der Waals surface area contributed by atoms with Crippen molar-refractivity contribution in [1.82, 2.24) is 9.80 Å². The molecule has 6 heterocycles. The molecular formula is C16H31ClN2OS. The van der Waals surface area contributed by atoms with E-state index in [1.165, 1.54) is 58.4 Å². The van der Waals surface area contributed by atoms with E-state index in [-0.39, 0.29) is 12.4 Å². The fraction of sp³-hybridized carbons (Fsp3) is 1.00. The normalized spacial score (nSPS) is 43.7. The minimum atomic E-state index is 0. The lowest BCUT2D eigenvalue weighted by molar-refractivity contribution is 0.0198. The van der Waals surface area contributed by atoms with E-state index in [1.54, 1.807) is 0 Å². The van der Waals surface area contributed by atoms with Crippen molar-refractivity contribution in [2.75, 3.05) is 51.6 Å². The molecule has 21 heavy (non-hydrogen) atoms. The van der Waals surface area contributed by atoms with Crippen LogP contribution in [0.3, 0.4) is 0 Å². The number of aliphatic hydroxyl groups excluding tert-OH is 1. The highest BCUT2D eigenvalue weighted by atomic mass is 35.5. The molecule has 2 unspecified atom stereocenters. The molecule has 124 valence electrons. The SMILES string of the molecule is Cl.OCC1CN2CCC1CC2.SCC1CN2CCC1CC2. The average Bonchev–Trinajstić information content (AvgIpc) is 2.57. The lowest BCUT2D eigenvalue weighted by atomic mass is 9.80. The third-order valence-corrected chi connectivity index (χ3v) is 6.52. The van der Waals surface area contributed by atoms with Crippen LogP contribution in [-0.4, -0.2) is 66.5 Å². The van der Waals surface area contributed by atoms with Gasteiger partial charge >= 0.3 is 0 Å². The number of aliphatic hydroxyl groups is 1. The molecule has 4 bridgehead atoms. The van der Waals surface area contributed by atoms with Crippen LogP contribution >= 0.6 is 25.0 Å². The molecule has 6 rings (SSSR count). The van der Waals surface area contributed by atoms with Crippen molar-refractivity contribution in [2.24, 2.45) is 23.7 Å². The fourth-order valence-electron chi connectivity index (χ4n) is 4.59. The van der Waals surface area contributed by atoms with Gasteiger partial charge in [0.15, 0.2) is 0 Å². The maximum atomic E-state index is 8.99. The van der Waals surface area contributed by atoms with Gasteiger partial charge in [0.25, 0.3) is 0 Å². The molecule has 5 heteroatoms. The summed E-state index contributed by atoms with van der Waals surface area (Å²) in [7, 11) is 0. The van der Waals surface area contributed by atoms with E-state index in [0.717, 1.165) is 30.1 Å². The summed E-state index contributed by atoms with van der Waals surface area (Å²) < 4.78 is 0. The molecule has 0 spiro atoms. The molecule has 1 N–H and O–H groups in total. The lowest BCUT2D eigenvalue weighted by Gasteiger charge is -2.44. The molecule has 0 aromatic heterocycles. The standard InChI is InChI=1S/C8H15NO.C8H15NS.ClH/c2*10-6-8-5-9-3-1-7(8)2-4-9;/h2*7-8,10H,1-6H2;1H. The minimum absolute atomic E-state index is 0. The second kappa shape index (κ2) is 8.39. The van der Waals surface area contributed by atoms with Crippen molar-refractivity contribution in [3.8, 4) is 0 Å². The Kier molecular flexibility index (Phi) is 7.14. The molecule has 0 aromatic carbocycles. The zero-order valence-electron chi connectivity index (χ0n) is 13.0. The number of thiol groups is 1. The van der Waals surface area contributed by atoms with Crippen molar-refractivity contribution in [3.63, 3.8) is 0 Å². The van der Waals surface area contributed by atoms with Gasteiger partial charge in [-0.3, -0.25) is 0 Å². The lowest BCUT2D eigenvalue weighted by Crippen LogP contribution is -2.48. The van der Waals surface area contributed by atoms with E-state index in [4.69, 9.17) is 5.11 Å². The number of hydrogen-bond acceptors (Lipinski definition) is 4. The first-order valence-corrected chi connectivity index (χ1v) is 9.09. The Morgan fingerprint density at radius 1 is 0.810 bits per heavy atom. The summed E-state index contributed by atoms with van der Waals surface area (Å²) in [4.78, 5) is 5.06. The van der Waals surface area contributed by atoms with Gasteiger partial charge in [-0.2, -0.15) is 12.6 Å². The van der Waals surface area contributed by atoms with E-state index < -0.39 is 0 Å². The maximum Gasteiger partial charge on any atom is 0.0474 e. The number of fused-ring (bicyclic) bond motifs is 6. The first kappa shape index (κ1) is 17.9. The highest BCUT2D eigenvalue weighted by molar-refractivity contribution is 7.80. The van der Waals surface area contributed by atoms with E-state index in [9.17, 15) is 0 Å². The Balaban J connectivity index is 0.000000147. The van der Waals surface area contributed by atoms with Gasteiger partial charge in [-0.25, -0.2) is 0 Å². The van der Waals surface area contributed by atoms with E-state index >= 15 is 0 Å². The summed E-state index contributed by atoms with van der Waals surface area (Å²) in [6.07, 6.45) is 5.52. The van der Waals surface area contributed by atoms with Crippen LogP contribution in [0.4, 0.5) is 0 Å². The number of halogens is 1. The smallest absolute Gasteiger partial charge is 0.0474 e. The van der Waals surface area contributed by atoms with Gasteiger partial charge in [0.2, 0.25) is 0 Å². The van der Waals surface area contributed by atoms with Crippen LogP contribution in [0.25, 0.3) is 0 Å². The second-order valence-corrected chi connectivity index (χ2v) is 7.53. The summed E-state index contributed by atoms with van der Waals surface area (Å²) >= 11 is 4.37. The van der Waals surface area contributed by atoms with Crippen LogP contribution in [0.1, 0.15) is 25.7 Å². The Morgan fingerprint density at radius 2 is 1.24 bits per heavy atom. The fourth-order valence-corrected chi connectivity index (χ4v) is 5.00. The summed E-state index contributed by atoms with van der Waals surface area (Å²) in [5.41, 5.74) is 0. The van der Waals surface area contributed by atoms with E-state index in [0.29, 0.717) is 12.5 Å². The molecule has 0 radical (unpaired) electrons. The molecule has 0 aromatic rings. The summed E-state index contributed by atoms with van der Waals surface area (Å²) in [6.45, 7) is 8.16. The summed E-state index contributed by atoms with van der Waals surface area (Å²) in [5, 5.41) is 8.99. The van der Waals surface area contributed by atoms with Crippen LogP contribution in [0.2, 0.25) is 0 Å². The molecule has 6 aliphatic rings. The number of hydrogen-bond donors (Lipinski definition) is 2. The average molecular weight is 335 g/mol. The van der Waals surface area contributed by atoms with E-state index in [2.05, 4.69) is 22.4 Å². The molecule has 0 aliphatic carbocycles. The highest BCUT2D eigenvalue weighted by Crippen LogP contribution is 2.32. The largest absolute Gasteiger partial charge is 0.396 e. The predicted octanol–water partition coefficient (Wildman–Crippen LogP) is 2.00. The second-order valence-electron chi connectivity index (χ2n) is 7.16. The molecule has 0 saturated carbocycles. The van der Waals surface area contributed by atoms with Crippen LogP contribution < -0.4 is 0 Å². The summed E-state index contributed by atoms with van der Waals surface area (Å²) in [5.74, 6) is 4.46. The molecule has 6 saturated heterocycles. The van der Waals surface area contributed by atoms with Crippen LogP contribution in [-0.2, 0) is 0 Å². The first-order valence-electron chi connectivity index (χ1n) is 8.46. The highest BCUT2D eigenvalue weighted by Gasteiger charge is 2.33. The van der Waals surface area contributed by atoms with Crippen LogP contribution in [0.15, 0.2) is 0 Å². The van der Waals surface area contributed by atoms with Crippen molar-refractivity contribution >= 4 is 25.0 Å². The van der Waals surface area contributed by atoms with Gasteiger partial charge < -0.3 is 14.9 Å². The van der Waals surface area contributed by atoms with Crippen molar-refractivity contribution < 1.29 is 5.11 Å². The van der Waals surface area contributed by atoms with Gasteiger partial charge in [-0.1, -0.05) is 0 Å². The Labute approximate surface area is 141 Å². The monoisotopic (exact) mass is 334 g/mol. The Hall–Kier alpha value is 0.520. The van der Waals surface area contributed by atoms with Crippen LogP contribution in [0.5, 0.6) is 0 Å². The molecule has 2 atom stereocenters. The van der Waals surface area contributed by atoms with Gasteiger partial charge in [0, 0.05) is 19.7 Å². The van der Waals surface area contributed by atoms with Crippen molar-refractivity contribution in [3.05, 3.63) is 0 Å². The maximum absolute atomic E-state index is 8.99. The minimum Gasteiger partial charge on any atom is -0.396 e. The third-order valence-electron chi connectivity index (χ3n) is 6.05. The number of piperidine rings is 6. The van der Waals surface area contributed by atoms with Gasteiger partial charge in [0.1, 0.15) is 0 Å². The third kappa shape index (κ3) is 4.29. The molecular weight excluding hydrogens is 304 g/mol. The molecule has 3 nitrogen and oxygen atoms in total. The van der Waals surface area contributed by atoms with Crippen molar-refractivity contribution in [1.29, 1.82) is 0 Å². The van der Waals surface area contributed by atoms with E-state index in [1.807, 2.05) is 0 Å². The molecule has 6 aliphatic heterocycles. The van der Waals surface area contributed by atoms with Gasteiger partial charge in [-0.05, 0) is 81.3 Å². The topological polar surface area (TPSA) is 26.7 Å². The molecule has 6 fully saturated rings. The van der Waals surface area contributed by atoms with Crippen LogP contribution in [0, 0.1) is 23.7 Å². The predicted molar refractivity (Wildman–Crippen MR) is 93.5 cm³/mol. The Morgan fingerprint density at radius 3 is 1.43 bits per heavy atom. The number of nitrogens with zero attached hydrogens (tertiary/aromatic N) is 2. The van der Waals surface area contributed by atoms with Gasteiger partial charge in [-0.15, -0.1) is 12.4 Å². The molecule has 0 amide bonds. The number of rotatable bonds is 2.